The second-order valence-corrected chi connectivity index (χ2v) is 4.74. The van der Waals surface area contributed by atoms with Crippen LogP contribution in [0.3, 0.4) is 0 Å². The molecule has 0 atom stereocenters. The molecule has 0 aliphatic carbocycles. The summed E-state index contributed by atoms with van der Waals surface area (Å²) in [6.07, 6.45) is 6.69. The van der Waals surface area contributed by atoms with Crippen molar-refractivity contribution in [3.05, 3.63) is 85.1 Å². The zero-order chi connectivity index (χ0) is 13.4. The van der Waals surface area contributed by atoms with E-state index in [-0.39, 0.29) is 25.8 Å². The molecule has 0 radical (unpaired) electrons. The molecule has 0 fully saturated rings. The Labute approximate surface area is 130 Å². The van der Waals surface area contributed by atoms with Crippen LogP contribution in [0.25, 0.3) is 0 Å². The maximum Gasteiger partial charge on any atom is 2.00 e. The van der Waals surface area contributed by atoms with Gasteiger partial charge in [-0.3, -0.25) is 5.92 Å². The van der Waals surface area contributed by atoms with Gasteiger partial charge in [-0.1, -0.05) is 67.9 Å². The molecule has 2 rings (SSSR count). The SMILES string of the molecule is [C-]#Cc1ccccc1.[CH2-]C(C)(C)c1ccccc1.[Pd+2]. The van der Waals surface area contributed by atoms with E-state index in [1.54, 1.807) is 0 Å². The van der Waals surface area contributed by atoms with E-state index in [1.165, 1.54) is 5.56 Å². The van der Waals surface area contributed by atoms with Gasteiger partial charge >= 0.3 is 20.4 Å². The molecular formula is C18H18Pd. The molecule has 0 heterocycles. The van der Waals surface area contributed by atoms with Gasteiger partial charge in [-0.25, -0.2) is 0 Å². The first kappa shape index (κ1) is 17.7. The quantitative estimate of drug-likeness (QED) is 0.409. The van der Waals surface area contributed by atoms with Gasteiger partial charge in [0.15, 0.2) is 0 Å². The van der Waals surface area contributed by atoms with Gasteiger partial charge in [0.1, 0.15) is 0 Å². The second-order valence-electron chi connectivity index (χ2n) is 4.74. The fourth-order valence-corrected chi connectivity index (χ4v) is 1.41. The fraction of sp³-hybridized carbons (Fsp3) is 0.167. The summed E-state index contributed by atoms with van der Waals surface area (Å²) in [4.78, 5) is 0. The van der Waals surface area contributed by atoms with Crippen molar-refractivity contribution in [3.63, 3.8) is 0 Å². The van der Waals surface area contributed by atoms with E-state index in [0.717, 1.165) is 5.56 Å². The molecule has 0 saturated heterocycles. The van der Waals surface area contributed by atoms with Crippen LogP contribution in [-0.4, -0.2) is 0 Å². The normalized spacial score (nSPS) is 9.37. The van der Waals surface area contributed by atoms with Crippen LogP contribution in [0.1, 0.15) is 25.0 Å². The number of hydrogen-bond donors (Lipinski definition) is 0. The minimum Gasteiger partial charge on any atom is -0.366 e. The molecule has 0 amide bonds. The first-order valence-electron chi connectivity index (χ1n) is 5.92. The van der Waals surface area contributed by atoms with Crippen LogP contribution in [0.5, 0.6) is 0 Å². The van der Waals surface area contributed by atoms with Gasteiger partial charge in [0.05, 0.1) is 0 Å². The molecule has 0 aromatic heterocycles. The van der Waals surface area contributed by atoms with Gasteiger partial charge in [-0.05, 0) is 0 Å². The average Bonchev–Trinajstić information content (AvgIpc) is 2.40. The van der Waals surface area contributed by atoms with Gasteiger partial charge in [0.2, 0.25) is 0 Å². The Hall–Kier alpha value is -1.34. The van der Waals surface area contributed by atoms with Crippen LogP contribution >= 0.6 is 0 Å². The maximum absolute atomic E-state index is 6.69. The standard InChI is InChI=1S/C10H13.C8H5.Pd/c1-10(2,3)9-7-5-4-6-8-9;1-2-8-6-4-3-5-7-8;/h4-8H,1H2,2-3H3;3-7H;/q2*-1;+2. The smallest absolute Gasteiger partial charge is 0.366 e. The molecule has 0 bridgehead atoms. The monoisotopic (exact) mass is 340 g/mol. The molecule has 0 aliphatic heterocycles. The van der Waals surface area contributed by atoms with Crippen LogP contribution < -0.4 is 0 Å². The summed E-state index contributed by atoms with van der Waals surface area (Å²) in [5, 5.41) is 0. The summed E-state index contributed by atoms with van der Waals surface area (Å²) < 4.78 is 0. The van der Waals surface area contributed by atoms with Crippen LogP contribution in [0.4, 0.5) is 0 Å². The number of hydrogen-bond acceptors (Lipinski definition) is 0. The van der Waals surface area contributed by atoms with Crippen molar-refractivity contribution in [2.75, 3.05) is 0 Å². The van der Waals surface area contributed by atoms with Gasteiger partial charge < -0.3 is 13.3 Å². The molecular weight excluding hydrogens is 323 g/mol. The third-order valence-electron chi connectivity index (χ3n) is 2.47. The first-order chi connectivity index (χ1) is 8.54. The average molecular weight is 341 g/mol. The van der Waals surface area contributed by atoms with E-state index in [1.807, 2.05) is 48.5 Å². The second kappa shape index (κ2) is 8.71. The molecule has 1 heteroatoms. The minimum absolute atomic E-state index is 0. The first-order valence-corrected chi connectivity index (χ1v) is 5.92. The van der Waals surface area contributed by atoms with Gasteiger partial charge in [-0.15, -0.1) is 23.1 Å². The van der Waals surface area contributed by atoms with Crippen LogP contribution in [0.2, 0.25) is 0 Å². The number of benzene rings is 2. The Balaban J connectivity index is 0.000000331. The maximum atomic E-state index is 6.69. The Morgan fingerprint density at radius 2 is 1.32 bits per heavy atom. The zero-order valence-electron chi connectivity index (χ0n) is 11.3. The largest absolute Gasteiger partial charge is 2.00 e. The molecule has 0 spiro atoms. The summed E-state index contributed by atoms with van der Waals surface area (Å²) in [6.45, 7) is 8.27. The summed E-state index contributed by atoms with van der Waals surface area (Å²) in [6, 6.07) is 19.7. The summed E-state index contributed by atoms with van der Waals surface area (Å²) >= 11 is 0. The van der Waals surface area contributed by atoms with Crippen LogP contribution in [-0.2, 0) is 25.8 Å². The van der Waals surface area contributed by atoms with Gasteiger partial charge in [0, 0.05) is 0 Å². The Morgan fingerprint density at radius 1 is 0.895 bits per heavy atom. The third kappa shape index (κ3) is 6.97. The van der Waals surface area contributed by atoms with Crippen LogP contribution in [0, 0.1) is 19.3 Å². The summed E-state index contributed by atoms with van der Waals surface area (Å²) in [5.74, 6) is 2.28. The molecule has 0 N–H and O–H groups in total. The van der Waals surface area contributed by atoms with Crippen molar-refractivity contribution < 1.29 is 20.4 Å². The van der Waals surface area contributed by atoms with E-state index in [9.17, 15) is 0 Å². The molecule has 19 heavy (non-hydrogen) atoms. The van der Waals surface area contributed by atoms with E-state index < -0.39 is 0 Å². The summed E-state index contributed by atoms with van der Waals surface area (Å²) in [5.41, 5.74) is 2.16. The van der Waals surface area contributed by atoms with E-state index in [2.05, 4.69) is 38.8 Å². The van der Waals surface area contributed by atoms with Crippen molar-refractivity contribution in [2.45, 2.75) is 19.3 Å². The van der Waals surface area contributed by atoms with E-state index >= 15 is 0 Å². The Morgan fingerprint density at radius 3 is 1.58 bits per heavy atom. The molecule has 0 aliphatic rings. The fourth-order valence-electron chi connectivity index (χ4n) is 1.41. The molecule has 0 unspecified atom stereocenters. The molecule has 100 valence electrons. The Kier molecular flexibility index (Phi) is 8.10. The summed E-state index contributed by atoms with van der Waals surface area (Å²) in [7, 11) is 0. The molecule has 2 aromatic carbocycles. The Bertz CT molecular complexity index is 487. The van der Waals surface area contributed by atoms with E-state index in [0.29, 0.717) is 0 Å². The molecule has 0 saturated carbocycles. The molecule has 2 aromatic rings. The van der Waals surface area contributed by atoms with Crippen molar-refractivity contribution in [2.24, 2.45) is 0 Å². The molecule has 0 nitrogen and oxygen atoms in total. The predicted molar refractivity (Wildman–Crippen MR) is 77.5 cm³/mol. The minimum atomic E-state index is 0. The third-order valence-corrected chi connectivity index (χ3v) is 2.47. The topological polar surface area (TPSA) is 0 Å². The number of rotatable bonds is 1. The van der Waals surface area contributed by atoms with Gasteiger partial charge in [0.25, 0.3) is 0 Å². The van der Waals surface area contributed by atoms with Crippen molar-refractivity contribution in [3.8, 4) is 5.92 Å². The van der Waals surface area contributed by atoms with Crippen molar-refractivity contribution >= 4 is 0 Å². The van der Waals surface area contributed by atoms with Gasteiger partial charge in [-0.2, -0.15) is 0 Å². The van der Waals surface area contributed by atoms with Crippen molar-refractivity contribution in [1.82, 2.24) is 0 Å². The van der Waals surface area contributed by atoms with Crippen molar-refractivity contribution in [1.29, 1.82) is 0 Å². The van der Waals surface area contributed by atoms with Crippen LogP contribution in [0.15, 0.2) is 60.7 Å². The predicted octanol–water partition coefficient (Wildman–Crippen LogP) is 4.42. The zero-order valence-corrected chi connectivity index (χ0v) is 12.9. The van der Waals surface area contributed by atoms with E-state index in [4.69, 9.17) is 6.42 Å².